The molecular formula is C15H18BrFO3. The van der Waals surface area contributed by atoms with E-state index >= 15 is 0 Å². The van der Waals surface area contributed by atoms with Gasteiger partial charge in [0.25, 0.3) is 0 Å². The first-order valence-corrected chi connectivity index (χ1v) is 7.74. The molecule has 0 bridgehead atoms. The number of aliphatic hydroxyl groups excluding tert-OH is 1. The molecule has 20 heavy (non-hydrogen) atoms. The van der Waals surface area contributed by atoms with Gasteiger partial charge in [-0.3, -0.25) is 0 Å². The van der Waals surface area contributed by atoms with Crippen molar-refractivity contribution in [2.75, 3.05) is 19.8 Å². The lowest BCUT2D eigenvalue weighted by Crippen LogP contribution is -2.41. The Balaban J connectivity index is 1.79. The van der Waals surface area contributed by atoms with Gasteiger partial charge in [-0.2, -0.15) is 0 Å². The van der Waals surface area contributed by atoms with Crippen LogP contribution < -0.4 is 0 Å². The highest BCUT2D eigenvalue weighted by Gasteiger charge is 2.43. The molecule has 0 aliphatic carbocycles. The van der Waals surface area contributed by atoms with E-state index in [0.29, 0.717) is 29.9 Å². The van der Waals surface area contributed by atoms with Crippen LogP contribution in [0.2, 0.25) is 0 Å². The van der Waals surface area contributed by atoms with E-state index < -0.39 is 6.10 Å². The minimum absolute atomic E-state index is 0.0727. The molecule has 0 amide bonds. The lowest BCUT2D eigenvalue weighted by molar-refractivity contribution is -0.117. The standard InChI is InChI=1S/C15H18BrFO3/c16-13-11(2-1-3-12(13)17)14(18)10-4-6-20-15(8-10)5-7-19-9-15/h1-3,10,14,18H,4-9H2. The van der Waals surface area contributed by atoms with Gasteiger partial charge in [-0.15, -0.1) is 0 Å². The van der Waals surface area contributed by atoms with Crippen molar-refractivity contribution in [1.82, 2.24) is 0 Å². The lowest BCUT2D eigenvalue weighted by Gasteiger charge is -2.39. The molecule has 1 aromatic carbocycles. The van der Waals surface area contributed by atoms with Crippen LogP contribution in [0.15, 0.2) is 22.7 Å². The van der Waals surface area contributed by atoms with Gasteiger partial charge >= 0.3 is 0 Å². The molecule has 3 nitrogen and oxygen atoms in total. The van der Waals surface area contributed by atoms with E-state index in [9.17, 15) is 9.50 Å². The minimum Gasteiger partial charge on any atom is -0.388 e. The van der Waals surface area contributed by atoms with Crippen molar-refractivity contribution in [1.29, 1.82) is 0 Å². The molecule has 5 heteroatoms. The number of aliphatic hydroxyl groups is 1. The van der Waals surface area contributed by atoms with Crippen LogP contribution >= 0.6 is 15.9 Å². The summed E-state index contributed by atoms with van der Waals surface area (Å²) in [6.45, 7) is 1.94. The fourth-order valence-electron chi connectivity index (χ4n) is 3.20. The summed E-state index contributed by atoms with van der Waals surface area (Å²) in [5.41, 5.74) is 0.370. The molecule has 1 N–H and O–H groups in total. The fraction of sp³-hybridized carbons (Fsp3) is 0.600. The Hall–Kier alpha value is -0.490. The third kappa shape index (κ3) is 2.64. The van der Waals surface area contributed by atoms with Gasteiger partial charge < -0.3 is 14.6 Å². The normalized spacial score (nSPS) is 31.6. The van der Waals surface area contributed by atoms with E-state index in [1.54, 1.807) is 12.1 Å². The third-order valence-corrected chi connectivity index (χ3v) is 5.18. The Morgan fingerprint density at radius 3 is 3.00 bits per heavy atom. The highest BCUT2D eigenvalue weighted by Crippen LogP contribution is 2.42. The summed E-state index contributed by atoms with van der Waals surface area (Å²) in [5, 5.41) is 10.6. The Morgan fingerprint density at radius 2 is 2.25 bits per heavy atom. The maximum absolute atomic E-state index is 13.6. The van der Waals surface area contributed by atoms with Gasteiger partial charge in [0.15, 0.2) is 0 Å². The molecule has 2 aliphatic rings. The van der Waals surface area contributed by atoms with Crippen molar-refractivity contribution in [2.24, 2.45) is 5.92 Å². The largest absolute Gasteiger partial charge is 0.388 e. The van der Waals surface area contributed by atoms with Crippen LogP contribution in [0, 0.1) is 11.7 Å². The first kappa shape index (κ1) is 14.4. The molecule has 110 valence electrons. The van der Waals surface area contributed by atoms with Crippen LogP contribution in [0.1, 0.15) is 30.9 Å². The molecular weight excluding hydrogens is 327 g/mol. The Labute approximate surface area is 126 Å². The zero-order chi connectivity index (χ0) is 14.2. The first-order chi connectivity index (χ1) is 9.61. The molecule has 3 atom stereocenters. The second kappa shape index (κ2) is 5.72. The van der Waals surface area contributed by atoms with Gasteiger partial charge in [0.1, 0.15) is 5.82 Å². The van der Waals surface area contributed by atoms with Gasteiger partial charge in [-0.25, -0.2) is 4.39 Å². The van der Waals surface area contributed by atoms with Crippen LogP contribution in [0.5, 0.6) is 0 Å². The van der Waals surface area contributed by atoms with E-state index in [1.807, 2.05) is 0 Å². The summed E-state index contributed by atoms with van der Waals surface area (Å²) in [6, 6.07) is 4.79. The van der Waals surface area contributed by atoms with Crippen LogP contribution in [-0.2, 0) is 9.47 Å². The number of rotatable bonds is 2. The smallest absolute Gasteiger partial charge is 0.137 e. The zero-order valence-electron chi connectivity index (χ0n) is 11.1. The predicted molar refractivity (Wildman–Crippen MR) is 75.9 cm³/mol. The highest BCUT2D eigenvalue weighted by atomic mass is 79.9. The maximum atomic E-state index is 13.6. The molecule has 3 rings (SSSR count). The van der Waals surface area contributed by atoms with Crippen molar-refractivity contribution >= 4 is 15.9 Å². The van der Waals surface area contributed by atoms with Gasteiger partial charge in [0.2, 0.25) is 0 Å². The van der Waals surface area contributed by atoms with Gasteiger partial charge in [0.05, 0.1) is 22.8 Å². The Morgan fingerprint density at radius 1 is 1.40 bits per heavy atom. The number of benzene rings is 1. The molecule has 2 aliphatic heterocycles. The van der Waals surface area contributed by atoms with E-state index in [2.05, 4.69) is 15.9 Å². The van der Waals surface area contributed by atoms with Crippen LogP contribution in [0.4, 0.5) is 4.39 Å². The lowest BCUT2D eigenvalue weighted by atomic mass is 9.80. The number of hydrogen-bond donors (Lipinski definition) is 1. The summed E-state index contributed by atoms with van der Waals surface area (Å²) in [7, 11) is 0. The van der Waals surface area contributed by atoms with Crippen molar-refractivity contribution < 1.29 is 19.0 Å². The van der Waals surface area contributed by atoms with Crippen molar-refractivity contribution in [3.8, 4) is 0 Å². The Bertz CT molecular complexity index is 488. The molecule has 2 saturated heterocycles. The van der Waals surface area contributed by atoms with Gasteiger partial charge in [0, 0.05) is 19.6 Å². The molecule has 2 heterocycles. The van der Waals surface area contributed by atoms with E-state index in [0.717, 1.165) is 19.3 Å². The minimum atomic E-state index is -0.679. The summed E-state index contributed by atoms with van der Waals surface area (Å²) in [4.78, 5) is 0. The average Bonchev–Trinajstić information content (AvgIpc) is 2.89. The van der Waals surface area contributed by atoms with Crippen molar-refractivity contribution in [3.63, 3.8) is 0 Å². The van der Waals surface area contributed by atoms with E-state index in [1.165, 1.54) is 6.07 Å². The Kier molecular flexibility index (Phi) is 4.13. The van der Waals surface area contributed by atoms with Crippen molar-refractivity contribution in [3.05, 3.63) is 34.1 Å². The second-order valence-corrected chi connectivity index (χ2v) is 6.47. The summed E-state index contributed by atoms with van der Waals surface area (Å²) in [5.74, 6) is -0.268. The van der Waals surface area contributed by atoms with Gasteiger partial charge in [-0.05, 0) is 46.3 Å². The summed E-state index contributed by atoms with van der Waals surface area (Å²) in [6.07, 6.45) is 1.74. The molecule has 1 aromatic rings. The molecule has 0 saturated carbocycles. The molecule has 0 radical (unpaired) electrons. The van der Waals surface area contributed by atoms with Gasteiger partial charge in [-0.1, -0.05) is 12.1 Å². The first-order valence-electron chi connectivity index (χ1n) is 6.95. The molecule has 3 unspecified atom stereocenters. The predicted octanol–water partition coefficient (Wildman–Crippen LogP) is 3.21. The maximum Gasteiger partial charge on any atom is 0.137 e. The second-order valence-electron chi connectivity index (χ2n) is 5.67. The van der Waals surface area contributed by atoms with Crippen molar-refractivity contribution in [2.45, 2.75) is 31.0 Å². The summed E-state index contributed by atoms with van der Waals surface area (Å²) < 4.78 is 25.3. The molecule has 2 fully saturated rings. The SMILES string of the molecule is OC(c1cccc(F)c1Br)C1CCOC2(CCOC2)C1. The number of halogens is 2. The van der Waals surface area contributed by atoms with Crippen LogP contribution in [0.25, 0.3) is 0 Å². The third-order valence-electron chi connectivity index (χ3n) is 4.34. The summed E-state index contributed by atoms with van der Waals surface area (Å²) >= 11 is 3.23. The van der Waals surface area contributed by atoms with Crippen LogP contribution in [0.3, 0.4) is 0 Å². The molecule has 1 spiro atoms. The topological polar surface area (TPSA) is 38.7 Å². The number of ether oxygens (including phenoxy) is 2. The average molecular weight is 345 g/mol. The van der Waals surface area contributed by atoms with E-state index in [-0.39, 0.29) is 17.3 Å². The number of hydrogen-bond acceptors (Lipinski definition) is 3. The monoisotopic (exact) mass is 344 g/mol. The van der Waals surface area contributed by atoms with E-state index in [4.69, 9.17) is 9.47 Å². The quantitative estimate of drug-likeness (QED) is 0.895. The molecule has 0 aromatic heterocycles. The highest BCUT2D eigenvalue weighted by molar-refractivity contribution is 9.10. The fourth-order valence-corrected chi connectivity index (χ4v) is 3.70. The zero-order valence-corrected chi connectivity index (χ0v) is 12.7. The van der Waals surface area contributed by atoms with Crippen LogP contribution in [-0.4, -0.2) is 30.5 Å².